The maximum absolute atomic E-state index is 13.1. The first-order valence-corrected chi connectivity index (χ1v) is 12.4. The van der Waals surface area contributed by atoms with Crippen molar-refractivity contribution in [1.82, 2.24) is 14.9 Å². The third kappa shape index (κ3) is 5.83. The number of carbonyl (C=O) groups is 1. The van der Waals surface area contributed by atoms with Crippen LogP contribution in [0.15, 0.2) is 48.5 Å². The van der Waals surface area contributed by atoms with E-state index in [0.29, 0.717) is 51.5 Å². The molecular weight excluding hydrogens is 499 g/mol. The van der Waals surface area contributed by atoms with Gasteiger partial charge in [0.05, 0.1) is 38.1 Å². The molecule has 0 spiro atoms. The van der Waals surface area contributed by atoms with E-state index in [-0.39, 0.29) is 12.2 Å². The van der Waals surface area contributed by atoms with Crippen LogP contribution in [0.25, 0.3) is 0 Å². The summed E-state index contributed by atoms with van der Waals surface area (Å²) < 4.78 is 50.2. The van der Waals surface area contributed by atoms with Crippen molar-refractivity contribution in [1.29, 1.82) is 0 Å². The lowest BCUT2D eigenvalue weighted by molar-refractivity contribution is -0.137. The van der Waals surface area contributed by atoms with Gasteiger partial charge in [0.15, 0.2) is 0 Å². The smallest absolute Gasteiger partial charge is 0.416 e. The SMILES string of the molecule is COc1cccc(Cc2nc3c(c(N4CCOCC4)n2)CN(C(=O)Nc2cccc(C(F)(F)F)c2)CC3)c1. The molecule has 2 aliphatic heterocycles. The van der Waals surface area contributed by atoms with E-state index >= 15 is 0 Å². The molecule has 5 rings (SSSR count). The third-order valence-corrected chi connectivity index (χ3v) is 6.62. The number of aromatic nitrogens is 2. The standard InChI is InChI=1S/C27H28F3N5O3/c1-37-21-7-2-4-18(14-21)15-24-32-23-8-9-35(17-22(23)25(33-24)34-10-12-38-13-11-34)26(36)31-20-6-3-5-19(16-20)27(28,29)30/h2-7,14,16H,8-13,15,17H2,1H3,(H,31,36). The van der Waals surface area contributed by atoms with Crippen molar-refractivity contribution in [3.63, 3.8) is 0 Å². The van der Waals surface area contributed by atoms with Crippen molar-refractivity contribution in [2.24, 2.45) is 0 Å². The van der Waals surface area contributed by atoms with E-state index in [1.54, 1.807) is 12.0 Å². The van der Waals surface area contributed by atoms with Crippen molar-refractivity contribution >= 4 is 17.5 Å². The summed E-state index contributed by atoms with van der Waals surface area (Å²) in [6.07, 6.45) is -3.45. The molecule has 0 unspecified atom stereocenters. The van der Waals surface area contributed by atoms with Gasteiger partial charge in [0.1, 0.15) is 17.4 Å². The summed E-state index contributed by atoms with van der Waals surface area (Å²) in [5.74, 6) is 2.21. The Hall–Kier alpha value is -3.86. The highest BCUT2D eigenvalue weighted by molar-refractivity contribution is 5.89. The lowest BCUT2D eigenvalue weighted by atomic mass is 10.0. The van der Waals surface area contributed by atoms with Crippen LogP contribution in [-0.2, 0) is 30.3 Å². The first-order chi connectivity index (χ1) is 18.3. The molecule has 2 aromatic carbocycles. The van der Waals surface area contributed by atoms with Gasteiger partial charge in [0.25, 0.3) is 0 Å². The molecule has 1 N–H and O–H groups in total. The average Bonchev–Trinajstić information content (AvgIpc) is 2.92. The number of halogens is 3. The fraction of sp³-hybridized carbons (Fsp3) is 0.370. The predicted molar refractivity (Wildman–Crippen MR) is 135 cm³/mol. The zero-order valence-electron chi connectivity index (χ0n) is 20.9. The number of nitrogens with zero attached hydrogens (tertiary/aromatic N) is 4. The highest BCUT2D eigenvalue weighted by atomic mass is 19.4. The second kappa shape index (κ2) is 10.9. The minimum absolute atomic E-state index is 0.0916. The largest absolute Gasteiger partial charge is 0.497 e. The van der Waals surface area contributed by atoms with E-state index in [9.17, 15) is 18.0 Å². The van der Waals surface area contributed by atoms with Gasteiger partial charge in [-0.05, 0) is 35.9 Å². The summed E-state index contributed by atoms with van der Waals surface area (Å²) >= 11 is 0. The Balaban J connectivity index is 1.39. The normalized spacial score (nSPS) is 15.7. The maximum atomic E-state index is 13.1. The number of amides is 2. The molecule has 0 bridgehead atoms. The number of carbonyl (C=O) groups excluding carboxylic acids is 1. The van der Waals surface area contributed by atoms with E-state index in [4.69, 9.17) is 19.4 Å². The van der Waals surface area contributed by atoms with E-state index in [1.165, 1.54) is 12.1 Å². The number of morpholine rings is 1. The second-order valence-electron chi connectivity index (χ2n) is 9.20. The van der Waals surface area contributed by atoms with Gasteiger partial charge in [-0.15, -0.1) is 0 Å². The number of anilines is 2. The molecule has 0 saturated carbocycles. The summed E-state index contributed by atoms with van der Waals surface area (Å²) in [6, 6.07) is 11.9. The lowest BCUT2D eigenvalue weighted by Crippen LogP contribution is -2.42. The van der Waals surface area contributed by atoms with Gasteiger partial charge in [-0.1, -0.05) is 18.2 Å². The van der Waals surface area contributed by atoms with Gasteiger partial charge >= 0.3 is 12.2 Å². The van der Waals surface area contributed by atoms with Crippen LogP contribution in [0.1, 0.15) is 28.2 Å². The summed E-state index contributed by atoms with van der Waals surface area (Å²) in [6.45, 7) is 3.12. The molecule has 0 atom stereocenters. The zero-order chi connectivity index (χ0) is 26.7. The minimum atomic E-state index is -4.49. The molecule has 200 valence electrons. The molecule has 38 heavy (non-hydrogen) atoms. The van der Waals surface area contributed by atoms with Gasteiger partial charge in [-0.3, -0.25) is 0 Å². The summed E-state index contributed by atoms with van der Waals surface area (Å²) in [5, 5.41) is 2.61. The maximum Gasteiger partial charge on any atom is 0.416 e. The molecule has 2 aliphatic rings. The Morgan fingerprint density at radius 3 is 2.63 bits per heavy atom. The first-order valence-electron chi connectivity index (χ1n) is 12.4. The van der Waals surface area contributed by atoms with Crippen LogP contribution < -0.4 is 15.0 Å². The number of ether oxygens (including phenoxy) is 2. The molecule has 8 nitrogen and oxygen atoms in total. The van der Waals surface area contributed by atoms with Crippen LogP contribution in [0.3, 0.4) is 0 Å². The van der Waals surface area contributed by atoms with E-state index in [2.05, 4.69) is 10.2 Å². The molecule has 0 radical (unpaired) electrons. The number of nitrogens with one attached hydrogen (secondary N) is 1. The van der Waals surface area contributed by atoms with Gasteiger partial charge in [0.2, 0.25) is 0 Å². The average molecular weight is 528 g/mol. The van der Waals surface area contributed by atoms with Crippen molar-refractivity contribution in [3.8, 4) is 5.75 Å². The van der Waals surface area contributed by atoms with Crippen LogP contribution >= 0.6 is 0 Å². The van der Waals surface area contributed by atoms with Gasteiger partial charge in [-0.25, -0.2) is 14.8 Å². The number of benzene rings is 2. The van der Waals surface area contributed by atoms with Crippen molar-refractivity contribution in [2.45, 2.75) is 25.6 Å². The van der Waals surface area contributed by atoms with Crippen LogP contribution in [0.5, 0.6) is 5.75 Å². The number of rotatable bonds is 5. The van der Waals surface area contributed by atoms with Crippen molar-refractivity contribution < 1.29 is 27.4 Å². The summed E-state index contributed by atoms with van der Waals surface area (Å²) in [7, 11) is 1.62. The predicted octanol–water partition coefficient (Wildman–Crippen LogP) is 4.52. The summed E-state index contributed by atoms with van der Waals surface area (Å²) in [5.41, 5.74) is 2.03. The number of methoxy groups -OCH3 is 1. The number of hydrogen-bond acceptors (Lipinski definition) is 6. The quantitative estimate of drug-likeness (QED) is 0.526. The Morgan fingerprint density at radius 2 is 1.87 bits per heavy atom. The molecule has 0 aliphatic carbocycles. The number of urea groups is 1. The molecule has 1 fully saturated rings. The molecule has 11 heteroatoms. The lowest BCUT2D eigenvalue weighted by Gasteiger charge is -2.34. The van der Waals surface area contributed by atoms with Crippen LogP contribution in [0.4, 0.5) is 29.5 Å². The van der Waals surface area contributed by atoms with E-state index in [0.717, 1.165) is 40.5 Å². The van der Waals surface area contributed by atoms with E-state index in [1.807, 2.05) is 24.3 Å². The Kier molecular flexibility index (Phi) is 7.37. The van der Waals surface area contributed by atoms with Gasteiger partial charge < -0.3 is 24.6 Å². The molecule has 1 aromatic heterocycles. The molecule has 3 aromatic rings. The highest BCUT2D eigenvalue weighted by Gasteiger charge is 2.31. The molecule has 3 heterocycles. The first kappa shape index (κ1) is 25.8. The third-order valence-electron chi connectivity index (χ3n) is 6.62. The number of fused-ring (bicyclic) bond motifs is 1. The van der Waals surface area contributed by atoms with Crippen molar-refractivity contribution in [2.75, 3.05) is 50.2 Å². The zero-order valence-corrected chi connectivity index (χ0v) is 20.9. The Labute approximate surface area is 218 Å². The van der Waals surface area contributed by atoms with Crippen LogP contribution in [-0.4, -0.2) is 60.9 Å². The monoisotopic (exact) mass is 527 g/mol. The number of hydrogen-bond donors (Lipinski definition) is 1. The van der Waals surface area contributed by atoms with Crippen LogP contribution in [0, 0.1) is 0 Å². The fourth-order valence-corrected chi connectivity index (χ4v) is 4.68. The topological polar surface area (TPSA) is 79.8 Å². The van der Waals surface area contributed by atoms with Crippen molar-refractivity contribution in [3.05, 3.63) is 76.7 Å². The Morgan fingerprint density at radius 1 is 1.08 bits per heavy atom. The minimum Gasteiger partial charge on any atom is -0.497 e. The molecule has 1 saturated heterocycles. The van der Waals surface area contributed by atoms with Gasteiger partial charge in [-0.2, -0.15) is 13.2 Å². The summed E-state index contributed by atoms with van der Waals surface area (Å²) in [4.78, 5) is 26.5. The molecular formula is C27H28F3N5O3. The van der Waals surface area contributed by atoms with Crippen LogP contribution in [0.2, 0.25) is 0 Å². The van der Waals surface area contributed by atoms with E-state index < -0.39 is 17.8 Å². The van der Waals surface area contributed by atoms with Gasteiger partial charge in [0, 0.05) is 43.7 Å². The fourth-order valence-electron chi connectivity index (χ4n) is 4.68. The number of alkyl halides is 3. The highest BCUT2D eigenvalue weighted by Crippen LogP contribution is 2.32. The Bertz CT molecular complexity index is 1310. The molecule has 2 amide bonds. The second-order valence-corrected chi connectivity index (χ2v) is 9.20.